The molecule has 4 aromatic rings. The summed E-state index contributed by atoms with van der Waals surface area (Å²) in [4.78, 5) is 13.6. The van der Waals surface area contributed by atoms with E-state index in [0.717, 1.165) is 58.6 Å². The summed E-state index contributed by atoms with van der Waals surface area (Å²) in [6.07, 6.45) is 2.06. The maximum absolute atomic E-state index is 15.9. The largest absolute Gasteiger partial charge is 0.351 e. The number of hydrogen-bond donors (Lipinski definition) is 2. The van der Waals surface area contributed by atoms with Crippen molar-refractivity contribution >= 4 is 11.7 Å². The van der Waals surface area contributed by atoms with E-state index in [1.807, 2.05) is 18.2 Å². The van der Waals surface area contributed by atoms with Crippen molar-refractivity contribution in [2.45, 2.75) is 59.0 Å². The van der Waals surface area contributed by atoms with Crippen molar-refractivity contribution < 1.29 is 18.0 Å². The maximum atomic E-state index is 15.9. The van der Waals surface area contributed by atoms with E-state index in [2.05, 4.69) is 37.9 Å². The number of urea groups is 1. The van der Waals surface area contributed by atoms with Crippen LogP contribution < -0.4 is 11.1 Å². The topological polar surface area (TPSA) is 76.2 Å². The second-order valence-electron chi connectivity index (χ2n) is 10.9. The van der Waals surface area contributed by atoms with Crippen molar-refractivity contribution in [1.82, 2.24) is 14.7 Å². The first-order valence-electron chi connectivity index (χ1n) is 13.8. The van der Waals surface area contributed by atoms with Gasteiger partial charge in [0.15, 0.2) is 0 Å². The highest BCUT2D eigenvalue weighted by atomic mass is 19.1. The number of benzene rings is 3. The summed E-state index contributed by atoms with van der Waals surface area (Å²) in [5.41, 5.74) is 10.4. The quantitative estimate of drug-likeness (QED) is 0.259. The molecule has 6 nitrogen and oxygen atoms in total. The summed E-state index contributed by atoms with van der Waals surface area (Å²) in [6, 6.07) is 13.6. The molecule has 0 aliphatic carbocycles. The number of nitrogens with one attached hydrogen (secondary N) is 1. The van der Waals surface area contributed by atoms with E-state index in [1.54, 1.807) is 16.8 Å². The molecule has 0 radical (unpaired) electrons. The number of fused-ring (bicyclic) bond motifs is 1. The molecule has 3 aromatic carbocycles. The van der Waals surface area contributed by atoms with Gasteiger partial charge in [0, 0.05) is 42.2 Å². The molecule has 41 heavy (non-hydrogen) atoms. The van der Waals surface area contributed by atoms with E-state index in [0.29, 0.717) is 25.2 Å². The lowest BCUT2D eigenvalue weighted by atomic mass is 9.89. The molecule has 9 heteroatoms. The van der Waals surface area contributed by atoms with E-state index in [9.17, 15) is 9.18 Å². The standard InChI is InChI=1S/C32H34F3N5O/c1-5-19-8-7-9-20(6-2)29(19)40-30(23-16-26(35)28(17-25(23)34)37-31(36)41)24-18-39(15-14-27(24)38-40)32(3,4)21-10-12-22(33)13-11-21/h7-13,16-17H,5-6,14-15,18H2,1-4H3,(H3,36,37,41). The Morgan fingerprint density at radius 2 is 1.66 bits per heavy atom. The predicted octanol–water partition coefficient (Wildman–Crippen LogP) is 6.87. The van der Waals surface area contributed by atoms with Gasteiger partial charge < -0.3 is 11.1 Å². The molecule has 0 spiro atoms. The molecule has 1 aliphatic heterocycles. The highest BCUT2D eigenvalue weighted by Crippen LogP contribution is 2.40. The minimum Gasteiger partial charge on any atom is -0.351 e. The zero-order chi connectivity index (χ0) is 29.5. The zero-order valence-corrected chi connectivity index (χ0v) is 23.7. The first-order valence-corrected chi connectivity index (χ1v) is 13.8. The molecule has 214 valence electrons. The van der Waals surface area contributed by atoms with E-state index in [4.69, 9.17) is 10.8 Å². The second kappa shape index (κ2) is 11.0. The Bertz CT molecular complexity index is 1590. The lowest BCUT2D eigenvalue weighted by molar-refractivity contribution is 0.103. The van der Waals surface area contributed by atoms with Gasteiger partial charge in [-0.05, 0) is 61.6 Å². The molecular weight excluding hydrogens is 527 g/mol. The Hall–Kier alpha value is -4.11. The molecule has 0 fully saturated rings. The molecule has 2 heterocycles. The first-order chi connectivity index (χ1) is 19.5. The van der Waals surface area contributed by atoms with Crippen LogP contribution in [0.25, 0.3) is 16.9 Å². The van der Waals surface area contributed by atoms with Crippen LogP contribution in [0.5, 0.6) is 0 Å². The molecule has 0 saturated carbocycles. The number of carbonyl (C=O) groups excluding carboxylic acids is 1. The van der Waals surface area contributed by atoms with Crippen LogP contribution in [-0.4, -0.2) is 27.3 Å². The van der Waals surface area contributed by atoms with Gasteiger partial charge in [0.1, 0.15) is 17.5 Å². The number of rotatable bonds is 7. The third-order valence-corrected chi connectivity index (χ3v) is 8.12. The Kier molecular flexibility index (Phi) is 7.66. The summed E-state index contributed by atoms with van der Waals surface area (Å²) in [6.45, 7) is 9.36. The third kappa shape index (κ3) is 5.22. The normalized spacial score (nSPS) is 13.7. The third-order valence-electron chi connectivity index (χ3n) is 8.12. The van der Waals surface area contributed by atoms with Crippen LogP contribution in [-0.2, 0) is 31.3 Å². The summed E-state index contributed by atoms with van der Waals surface area (Å²) in [7, 11) is 0. The van der Waals surface area contributed by atoms with Crippen molar-refractivity contribution in [2.75, 3.05) is 11.9 Å². The van der Waals surface area contributed by atoms with Gasteiger partial charge in [-0.3, -0.25) is 4.90 Å². The fourth-order valence-corrected chi connectivity index (χ4v) is 5.77. The SMILES string of the molecule is CCc1cccc(CC)c1-n1nc2c(c1-c1cc(F)c(NC(N)=O)cc1F)CN(C(C)(C)c1ccc(F)cc1)CC2. The van der Waals surface area contributed by atoms with Gasteiger partial charge in [-0.1, -0.05) is 44.2 Å². The van der Waals surface area contributed by atoms with Crippen LogP contribution >= 0.6 is 0 Å². The summed E-state index contributed by atoms with van der Waals surface area (Å²) in [5, 5.41) is 7.17. The average molecular weight is 562 g/mol. The number of para-hydroxylation sites is 1. The molecule has 0 atom stereocenters. The van der Waals surface area contributed by atoms with Crippen molar-refractivity contribution in [3.8, 4) is 16.9 Å². The van der Waals surface area contributed by atoms with E-state index >= 15 is 8.78 Å². The number of primary amides is 1. The predicted molar refractivity (Wildman–Crippen MR) is 154 cm³/mol. The van der Waals surface area contributed by atoms with Crippen LogP contribution in [0.1, 0.15) is 55.6 Å². The number of aromatic nitrogens is 2. The minimum absolute atomic E-state index is 0.0423. The Morgan fingerprint density at radius 3 is 2.27 bits per heavy atom. The highest BCUT2D eigenvalue weighted by Gasteiger charge is 2.36. The van der Waals surface area contributed by atoms with E-state index in [1.165, 1.54) is 12.1 Å². The lowest BCUT2D eigenvalue weighted by Gasteiger charge is -2.41. The van der Waals surface area contributed by atoms with Gasteiger partial charge in [0.2, 0.25) is 0 Å². The van der Waals surface area contributed by atoms with Crippen LogP contribution in [0, 0.1) is 17.5 Å². The van der Waals surface area contributed by atoms with Crippen molar-refractivity contribution in [2.24, 2.45) is 5.73 Å². The van der Waals surface area contributed by atoms with Crippen LogP contribution in [0.4, 0.5) is 23.7 Å². The monoisotopic (exact) mass is 561 g/mol. The summed E-state index contributed by atoms with van der Waals surface area (Å²) in [5.74, 6) is -1.82. The smallest absolute Gasteiger partial charge is 0.316 e. The maximum Gasteiger partial charge on any atom is 0.316 e. The van der Waals surface area contributed by atoms with E-state index in [-0.39, 0.29) is 17.1 Å². The zero-order valence-electron chi connectivity index (χ0n) is 23.7. The molecule has 5 rings (SSSR count). The number of aryl methyl sites for hydroxylation is 2. The number of anilines is 1. The van der Waals surface area contributed by atoms with Gasteiger partial charge in [-0.2, -0.15) is 5.10 Å². The summed E-state index contributed by atoms with van der Waals surface area (Å²) >= 11 is 0. The number of nitrogens with zero attached hydrogens (tertiary/aromatic N) is 3. The number of hydrogen-bond acceptors (Lipinski definition) is 3. The fraction of sp³-hybridized carbons (Fsp3) is 0.312. The first kappa shape index (κ1) is 28.4. The molecule has 3 N–H and O–H groups in total. The number of nitrogens with two attached hydrogens (primary N) is 1. The molecule has 0 unspecified atom stereocenters. The summed E-state index contributed by atoms with van der Waals surface area (Å²) < 4.78 is 46.6. The van der Waals surface area contributed by atoms with Crippen molar-refractivity contribution in [3.05, 3.63) is 100.0 Å². The Balaban J connectivity index is 1.72. The van der Waals surface area contributed by atoms with Crippen LogP contribution in [0.3, 0.4) is 0 Å². The van der Waals surface area contributed by atoms with Crippen molar-refractivity contribution in [3.63, 3.8) is 0 Å². The van der Waals surface area contributed by atoms with E-state index < -0.39 is 23.2 Å². The van der Waals surface area contributed by atoms with Gasteiger partial charge in [-0.25, -0.2) is 22.6 Å². The number of amides is 2. The van der Waals surface area contributed by atoms with Gasteiger partial charge in [0.25, 0.3) is 0 Å². The number of carbonyl (C=O) groups is 1. The van der Waals surface area contributed by atoms with Gasteiger partial charge in [-0.15, -0.1) is 0 Å². The van der Waals surface area contributed by atoms with Gasteiger partial charge in [0.05, 0.1) is 22.8 Å². The Morgan fingerprint density at radius 1 is 1.00 bits per heavy atom. The Labute approximate surface area is 238 Å². The average Bonchev–Trinajstić information content (AvgIpc) is 3.32. The van der Waals surface area contributed by atoms with Crippen molar-refractivity contribution in [1.29, 1.82) is 0 Å². The molecular formula is C32H34F3N5O. The highest BCUT2D eigenvalue weighted by molar-refractivity contribution is 5.88. The van der Waals surface area contributed by atoms with Gasteiger partial charge >= 0.3 is 6.03 Å². The molecule has 2 amide bonds. The van der Waals surface area contributed by atoms with Crippen LogP contribution in [0.2, 0.25) is 0 Å². The molecule has 1 aliphatic rings. The molecule has 0 saturated heterocycles. The number of halogens is 3. The lowest BCUT2D eigenvalue weighted by Crippen LogP contribution is -2.44. The second-order valence-corrected chi connectivity index (χ2v) is 10.9. The molecule has 0 bridgehead atoms. The molecule has 1 aromatic heterocycles. The fourth-order valence-electron chi connectivity index (χ4n) is 5.77. The van der Waals surface area contributed by atoms with Crippen LogP contribution in [0.15, 0.2) is 54.6 Å². The minimum atomic E-state index is -0.985.